The van der Waals surface area contributed by atoms with E-state index in [1.54, 1.807) is 6.08 Å². The number of aliphatic hydroxyl groups is 3. The van der Waals surface area contributed by atoms with Crippen LogP contribution in [0.3, 0.4) is 0 Å². The molecule has 0 heterocycles. The van der Waals surface area contributed by atoms with E-state index < -0.39 is 11.5 Å². The fourth-order valence-corrected chi connectivity index (χ4v) is 1.89. The summed E-state index contributed by atoms with van der Waals surface area (Å²) in [5.74, 6) is 0. The molecule has 0 amide bonds. The van der Waals surface area contributed by atoms with Crippen molar-refractivity contribution in [3.8, 4) is 0 Å². The monoisotopic (exact) mass is 202 g/mol. The van der Waals surface area contributed by atoms with Crippen molar-refractivity contribution in [2.75, 3.05) is 19.8 Å². The van der Waals surface area contributed by atoms with Crippen molar-refractivity contribution >= 4 is 0 Å². The van der Waals surface area contributed by atoms with E-state index in [4.69, 9.17) is 14.9 Å². The largest absolute Gasteiger partial charge is 0.396 e. The molecule has 1 aliphatic rings. The smallest absolute Gasteiger partial charge is 0.0666 e. The average molecular weight is 202 g/mol. The standard InChI is InChI=1S/C10H18O4/c1-2-3-14-8-4-9(13)10(5-8,6-11)7-12/h2,8-9,11-13H,1,3-7H2/t8-,9+/m1/s1. The Morgan fingerprint density at radius 2 is 2.07 bits per heavy atom. The van der Waals surface area contributed by atoms with E-state index in [9.17, 15) is 5.11 Å². The van der Waals surface area contributed by atoms with Crippen LogP contribution in [0.1, 0.15) is 12.8 Å². The van der Waals surface area contributed by atoms with Gasteiger partial charge in [-0.05, 0) is 6.42 Å². The molecule has 3 N–H and O–H groups in total. The second kappa shape index (κ2) is 4.89. The van der Waals surface area contributed by atoms with Crippen molar-refractivity contribution < 1.29 is 20.1 Å². The molecular weight excluding hydrogens is 184 g/mol. The predicted octanol–water partition coefficient (Wildman–Crippen LogP) is -0.317. The highest BCUT2D eigenvalue weighted by Gasteiger charge is 2.46. The van der Waals surface area contributed by atoms with Crippen molar-refractivity contribution in [1.29, 1.82) is 0 Å². The van der Waals surface area contributed by atoms with Crippen LogP contribution in [0, 0.1) is 5.41 Å². The van der Waals surface area contributed by atoms with Crippen molar-refractivity contribution in [2.24, 2.45) is 5.41 Å². The zero-order valence-electron chi connectivity index (χ0n) is 8.22. The maximum Gasteiger partial charge on any atom is 0.0666 e. The lowest BCUT2D eigenvalue weighted by atomic mass is 9.86. The molecule has 0 bridgehead atoms. The minimum Gasteiger partial charge on any atom is -0.396 e. The van der Waals surface area contributed by atoms with Gasteiger partial charge in [0.25, 0.3) is 0 Å². The first kappa shape index (κ1) is 11.7. The molecule has 4 nitrogen and oxygen atoms in total. The van der Waals surface area contributed by atoms with E-state index in [1.807, 2.05) is 0 Å². The first-order valence-corrected chi connectivity index (χ1v) is 4.81. The SMILES string of the molecule is C=CCO[C@@H]1C[C@H](O)C(CO)(CO)C1. The first-order valence-electron chi connectivity index (χ1n) is 4.81. The van der Waals surface area contributed by atoms with E-state index in [-0.39, 0.29) is 19.3 Å². The molecule has 0 aromatic heterocycles. The van der Waals surface area contributed by atoms with Gasteiger partial charge < -0.3 is 20.1 Å². The van der Waals surface area contributed by atoms with E-state index in [0.717, 1.165) is 0 Å². The fourth-order valence-electron chi connectivity index (χ4n) is 1.89. The minimum atomic E-state index is -0.786. The maximum absolute atomic E-state index is 9.68. The molecule has 0 unspecified atom stereocenters. The highest BCUT2D eigenvalue weighted by Crippen LogP contribution is 2.39. The van der Waals surface area contributed by atoms with Gasteiger partial charge in [-0.25, -0.2) is 0 Å². The fraction of sp³-hybridized carbons (Fsp3) is 0.800. The molecule has 0 spiro atoms. The Morgan fingerprint density at radius 1 is 1.43 bits per heavy atom. The van der Waals surface area contributed by atoms with Gasteiger partial charge in [-0.15, -0.1) is 6.58 Å². The molecule has 2 atom stereocenters. The summed E-state index contributed by atoms with van der Waals surface area (Å²) >= 11 is 0. The van der Waals surface area contributed by atoms with Crippen LogP contribution >= 0.6 is 0 Å². The van der Waals surface area contributed by atoms with Gasteiger partial charge in [0.1, 0.15) is 0 Å². The quantitative estimate of drug-likeness (QED) is 0.535. The number of hydrogen-bond donors (Lipinski definition) is 3. The van der Waals surface area contributed by atoms with Crippen LogP contribution in [0.4, 0.5) is 0 Å². The Hall–Kier alpha value is -0.420. The van der Waals surface area contributed by atoms with Gasteiger partial charge in [0.2, 0.25) is 0 Å². The summed E-state index contributed by atoms with van der Waals surface area (Å²) < 4.78 is 5.38. The zero-order chi connectivity index (χ0) is 10.6. The molecule has 1 aliphatic carbocycles. The second-order valence-electron chi connectivity index (χ2n) is 3.88. The molecule has 0 aromatic rings. The van der Waals surface area contributed by atoms with Crippen LogP contribution in [-0.4, -0.2) is 47.3 Å². The third kappa shape index (κ3) is 2.15. The van der Waals surface area contributed by atoms with Crippen LogP contribution in [-0.2, 0) is 4.74 Å². The van der Waals surface area contributed by atoms with E-state index in [2.05, 4.69) is 6.58 Å². The maximum atomic E-state index is 9.68. The highest BCUT2D eigenvalue weighted by molar-refractivity contribution is 4.96. The van der Waals surface area contributed by atoms with E-state index in [1.165, 1.54) is 0 Å². The molecule has 4 heteroatoms. The Morgan fingerprint density at radius 3 is 2.50 bits per heavy atom. The molecule has 1 rings (SSSR count). The lowest BCUT2D eigenvalue weighted by Crippen LogP contribution is -2.37. The Bertz CT molecular complexity index is 189. The van der Waals surface area contributed by atoms with Crippen LogP contribution in [0.5, 0.6) is 0 Å². The molecule has 14 heavy (non-hydrogen) atoms. The molecule has 0 saturated heterocycles. The molecule has 0 radical (unpaired) electrons. The van der Waals surface area contributed by atoms with Crippen LogP contribution in [0.2, 0.25) is 0 Å². The molecule has 0 aliphatic heterocycles. The third-order valence-corrected chi connectivity index (χ3v) is 2.91. The molecule has 1 fully saturated rings. The van der Waals surface area contributed by atoms with Gasteiger partial charge in [-0.1, -0.05) is 6.08 Å². The predicted molar refractivity (Wildman–Crippen MR) is 51.8 cm³/mol. The van der Waals surface area contributed by atoms with Crippen LogP contribution in [0.15, 0.2) is 12.7 Å². The van der Waals surface area contributed by atoms with Crippen molar-refractivity contribution in [3.63, 3.8) is 0 Å². The van der Waals surface area contributed by atoms with Crippen molar-refractivity contribution in [1.82, 2.24) is 0 Å². The lowest BCUT2D eigenvalue weighted by Gasteiger charge is -2.27. The summed E-state index contributed by atoms with van der Waals surface area (Å²) in [6, 6.07) is 0. The average Bonchev–Trinajstić information content (AvgIpc) is 2.53. The van der Waals surface area contributed by atoms with Gasteiger partial charge in [-0.2, -0.15) is 0 Å². The summed E-state index contributed by atoms with van der Waals surface area (Å²) in [6.45, 7) is 3.55. The molecule has 1 saturated carbocycles. The second-order valence-corrected chi connectivity index (χ2v) is 3.88. The van der Waals surface area contributed by atoms with Gasteiger partial charge in [0.05, 0.1) is 32.0 Å². The Labute approximate surface area is 83.8 Å². The summed E-state index contributed by atoms with van der Waals surface area (Å²) in [6.07, 6.45) is 1.82. The minimum absolute atomic E-state index is 0.0951. The summed E-state index contributed by atoms with van der Waals surface area (Å²) in [7, 11) is 0. The van der Waals surface area contributed by atoms with Gasteiger partial charge in [0, 0.05) is 11.8 Å². The van der Waals surface area contributed by atoms with Crippen molar-refractivity contribution in [3.05, 3.63) is 12.7 Å². The molecular formula is C10H18O4. The lowest BCUT2D eigenvalue weighted by molar-refractivity contribution is -0.0329. The van der Waals surface area contributed by atoms with Crippen LogP contribution in [0.25, 0.3) is 0 Å². The van der Waals surface area contributed by atoms with Crippen LogP contribution < -0.4 is 0 Å². The zero-order valence-corrected chi connectivity index (χ0v) is 8.22. The number of ether oxygens (including phenoxy) is 1. The third-order valence-electron chi connectivity index (χ3n) is 2.91. The summed E-state index contributed by atoms with van der Waals surface area (Å²) in [5.41, 5.74) is -0.786. The summed E-state index contributed by atoms with van der Waals surface area (Å²) in [4.78, 5) is 0. The Balaban J connectivity index is 2.53. The highest BCUT2D eigenvalue weighted by atomic mass is 16.5. The van der Waals surface area contributed by atoms with E-state index >= 15 is 0 Å². The van der Waals surface area contributed by atoms with Gasteiger partial charge >= 0.3 is 0 Å². The molecule has 82 valence electrons. The first-order chi connectivity index (χ1) is 6.68. The van der Waals surface area contributed by atoms with Gasteiger partial charge in [-0.3, -0.25) is 0 Å². The normalized spacial score (nSPS) is 30.5. The van der Waals surface area contributed by atoms with E-state index in [0.29, 0.717) is 19.4 Å². The Kier molecular flexibility index (Phi) is 4.07. The van der Waals surface area contributed by atoms with Crippen molar-refractivity contribution in [2.45, 2.75) is 25.0 Å². The number of aliphatic hydroxyl groups excluding tert-OH is 3. The van der Waals surface area contributed by atoms with Gasteiger partial charge in [0.15, 0.2) is 0 Å². The topological polar surface area (TPSA) is 69.9 Å². The number of hydrogen-bond acceptors (Lipinski definition) is 4. The summed E-state index contributed by atoms with van der Waals surface area (Å²) in [5, 5.41) is 28.0. The molecule has 0 aromatic carbocycles. The number of rotatable bonds is 5.